The zero-order valence-electron chi connectivity index (χ0n) is 11.2. The number of hydrogen-bond acceptors (Lipinski definition) is 4. The van der Waals surface area contributed by atoms with Crippen LogP contribution in [0.2, 0.25) is 0 Å². The van der Waals surface area contributed by atoms with E-state index in [4.69, 9.17) is 11.0 Å². The number of primary amides is 1. The second-order valence-corrected chi connectivity index (χ2v) is 4.44. The summed E-state index contributed by atoms with van der Waals surface area (Å²) in [6, 6.07) is 0. The summed E-state index contributed by atoms with van der Waals surface area (Å²) in [5.41, 5.74) is 5.31. The summed E-state index contributed by atoms with van der Waals surface area (Å²) in [6.45, 7) is 2.41. The first-order valence-corrected chi connectivity index (χ1v) is 6.69. The van der Waals surface area contributed by atoms with E-state index in [1.807, 2.05) is 0 Å². The average molecular weight is 256 g/mol. The fourth-order valence-corrected chi connectivity index (χ4v) is 1.86. The van der Waals surface area contributed by atoms with Crippen molar-refractivity contribution in [1.82, 2.24) is 0 Å². The molecule has 0 bridgehead atoms. The van der Waals surface area contributed by atoms with E-state index in [9.17, 15) is 4.79 Å². The van der Waals surface area contributed by atoms with E-state index in [2.05, 4.69) is 16.7 Å². The van der Waals surface area contributed by atoms with Crippen LogP contribution in [0.25, 0.3) is 0 Å². The first kappa shape index (κ1) is 16.7. The van der Waals surface area contributed by atoms with Crippen molar-refractivity contribution in [3.63, 3.8) is 0 Å². The molecule has 2 N–H and O–H groups in total. The van der Waals surface area contributed by atoms with Crippen molar-refractivity contribution in [1.29, 1.82) is 5.26 Å². The molecule has 0 fully saturated rings. The van der Waals surface area contributed by atoms with Crippen molar-refractivity contribution in [2.45, 2.75) is 58.3 Å². The predicted molar refractivity (Wildman–Crippen MR) is 67.9 cm³/mol. The second-order valence-electron chi connectivity index (χ2n) is 4.44. The predicted octanol–water partition coefficient (Wildman–Crippen LogP) is 2.66. The van der Waals surface area contributed by atoms with Crippen LogP contribution in [0.1, 0.15) is 58.3 Å². The van der Waals surface area contributed by atoms with E-state index >= 15 is 0 Å². The van der Waals surface area contributed by atoms with Crippen LogP contribution in [0.4, 0.5) is 0 Å². The minimum atomic E-state index is -0.302. The van der Waals surface area contributed by atoms with E-state index in [1.165, 1.54) is 31.9 Å². The number of hydrogen-bond donors (Lipinski definition) is 1. The molecule has 18 heavy (non-hydrogen) atoms. The van der Waals surface area contributed by atoms with Crippen molar-refractivity contribution in [2.75, 3.05) is 6.61 Å². The lowest BCUT2D eigenvalue weighted by Gasteiger charge is -2.11. The molecule has 0 saturated heterocycles. The average Bonchev–Trinajstić information content (AvgIpc) is 2.35. The fourth-order valence-electron chi connectivity index (χ4n) is 1.86. The van der Waals surface area contributed by atoms with Gasteiger partial charge in [-0.25, -0.2) is 0 Å². The molecule has 0 aliphatic rings. The highest BCUT2D eigenvalue weighted by Crippen LogP contribution is 2.15. The van der Waals surface area contributed by atoms with Crippen LogP contribution in [0.15, 0.2) is 0 Å². The van der Waals surface area contributed by atoms with Gasteiger partial charge in [-0.1, -0.05) is 45.4 Å². The molecule has 0 radical (unpaired) electrons. The molecule has 1 amide bonds. The van der Waals surface area contributed by atoms with E-state index in [-0.39, 0.29) is 18.4 Å². The summed E-state index contributed by atoms with van der Waals surface area (Å²) < 4.78 is 0. The van der Waals surface area contributed by atoms with Crippen molar-refractivity contribution in [3.05, 3.63) is 0 Å². The normalized spacial score (nSPS) is 11.8. The first-order chi connectivity index (χ1) is 8.72. The molecule has 1 atom stereocenters. The number of nitrogens with zero attached hydrogens (tertiary/aromatic N) is 1. The van der Waals surface area contributed by atoms with Crippen molar-refractivity contribution in [3.8, 4) is 6.26 Å². The summed E-state index contributed by atoms with van der Waals surface area (Å²) in [4.78, 5) is 19.8. The van der Waals surface area contributed by atoms with Crippen LogP contribution in [-0.2, 0) is 14.6 Å². The summed E-state index contributed by atoms with van der Waals surface area (Å²) >= 11 is 0. The maximum Gasteiger partial charge on any atom is 0.324 e. The Balaban J connectivity index is 3.58. The minimum absolute atomic E-state index is 0.182. The van der Waals surface area contributed by atoms with Crippen LogP contribution in [0.5, 0.6) is 0 Å². The Bertz CT molecular complexity index is 251. The van der Waals surface area contributed by atoms with Crippen LogP contribution in [0.3, 0.4) is 0 Å². The third kappa shape index (κ3) is 9.91. The minimum Gasteiger partial charge on any atom is -0.369 e. The van der Waals surface area contributed by atoms with E-state index in [1.54, 1.807) is 0 Å². The number of carbonyl (C=O) groups is 1. The Morgan fingerprint density at radius 3 is 2.50 bits per heavy atom. The summed E-state index contributed by atoms with van der Waals surface area (Å²) in [6.07, 6.45) is 9.84. The van der Waals surface area contributed by atoms with Gasteiger partial charge in [-0.2, -0.15) is 4.89 Å². The Kier molecular flexibility index (Phi) is 11.3. The molecule has 0 aromatic rings. The van der Waals surface area contributed by atoms with Gasteiger partial charge in [0, 0.05) is 5.92 Å². The highest BCUT2D eigenvalue weighted by molar-refractivity contribution is 5.76. The number of nitrogens with two attached hydrogens (primary N) is 1. The van der Waals surface area contributed by atoms with Gasteiger partial charge in [-0.05, 0) is 12.8 Å². The molecule has 5 nitrogen and oxygen atoms in total. The maximum absolute atomic E-state index is 11.2. The third-order valence-corrected chi connectivity index (χ3v) is 2.95. The molecule has 0 aliphatic carbocycles. The number of rotatable bonds is 12. The number of nitriles is 1. The van der Waals surface area contributed by atoms with Crippen molar-refractivity contribution < 1.29 is 14.6 Å². The smallest absolute Gasteiger partial charge is 0.324 e. The Morgan fingerprint density at radius 2 is 1.89 bits per heavy atom. The van der Waals surface area contributed by atoms with Gasteiger partial charge in [-0.15, -0.1) is 5.26 Å². The van der Waals surface area contributed by atoms with Gasteiger partial charge in [0.05, 0.1) is 6.61 Å². The van der Waals surface area contributed by atoms with Gasteiger partial charge in [0.25, 0.3) is 0 Å². The molecule has 0 saturated carbocycles. The van der Waals surface area contributed by atoms with Crippen LogP contribution < -0.4 is 5.73 Å². The molecule has 0 aromatic heterocycles. The van der Waals surface area contributed by atoms with Crippen molar-refractivity contribution in [2.24, 2.45) is 11.7 Å². The molecule has 0 spiro atoms. The monoisotopic (exact) mass is 256 g/mol. The number of unbranched alkanes of at least 4 members (excludes halogenated alkanes) is 5. The highest BCUT2D eigenvalue weighted by atomic mass is 17.2. The largest absolute Gasteiger partial charge is 0.369 e. The quantitative estimate of drug-likeness (QED) is 0.252. The van der Waals surface area contributed by atoms with E-state index < -0.39 is 0 Å². The molecular weight excluding hydrogens is 232 g/mol. The lowest BCUT2D eigenvalue weighted by Crippen LogP contribution is -2.24. The molecule has 5 heteroatoms. The highest BCUT2D eigenvalue weighted by Gasteiger charge is 2.14. The molecule has 104 valence electrons. The maximum atomic E-state index is 11.2. The van der Waals surface area contributed by atoms with Crippen LogP contribution in [-0.4, -0.2) is 12.5 Å². The third-order valence-electron chi connectivity index (χ3n) is 2.95. The second kappa shape index (κ2) is 12.2. The van der Waals surface area contributed by atoms with Gasteiger partial charge < -0.3 is 5.73 Å². The molecule has 0 rings (SSSR count). The Labute approximate surface area is 109 Å². The summed E-state index contributed by atoms with van der Waals surface area (Å²) in [5, 5.41) is 8.10. The fraction of sp³-hybridized carbons (Fsp3) is 0.846. The van der Waals surface area contributed by atoms with Gasteiger partial charge in [-0.3, -0.25) is 9.68 Å². The zero-order chi connectivity index (χ0) is 13.6. The first-order valence-electron chi connectivity index (χ1n) is 6.69. The Hall–Kier alpha value is -1.28. The molecule has 1 unspecified atom stereocenters. The van der Waals surface area contributed by atoms with Crippen molar-refractivity contribution >= 4 is 5.91 Å². The zero-order valence-corrected chi connectivity index (χ0v) is 11.2. The lowest BCUT2D eigenvalue weighted by molar-refractivity contribution is -0.240. The molecular formula is C13H24N2O3. The molecule has 0 aromatic carbocycles. The van der Waals surface area contributed by atoms with Gasteiger partial charge in [0.15, 0.2) is 0 Å². The standard InChI is InChI=1S/C13H24N2O3/c1-2-3-4-5-6-7-8-12(13(15)16)9-10-17-18-11-14/h12H,2-10H2,1H3,(H2,15,16). The summed E-state index contributed by atoms with van der Waals surface area (Å²) in [5.74, 6) is -0.484. The topological polar surface area (TPSA) is 85.3 Å². The number of amides is 1. The summed E-state index contributed by atoms with van der Waals surface area (Å²) in [7, 11) is 0. The number of carbonyl (C=O) groups excluding carboxylic acids is 1. The lowest BCUT2D eigenvalue weighted by atomic mass is 9.97. The van der Waals surface area contributed by atoms with E-state index in [0.717, 1.165) is 19.3 Å². The van der Waals surface area contributed by atoms with E-state index in [0.29, 0.717) is 6.42 Å². The SMILES string of the molecule is CCCCCCCCC(CCOOC#N)C(N)=O. The van der Waals surface area contributed by atoms with Crippen LogP contribution in [0, 0.1) is 17.4 Å². The van der Waals surface area contributed by atoms with Gasteiger partial charge in [0.1, 0.15) is 0 Å². The molecule has 0 aliphatic heterocycles. The van der Waals surface area contributed by atoms with Gasteiger partial charge >= 0.3 is 6.26 Å². The Morgan fingerprint density at radius 1 is 1.22 bits per heavy atom. The van der Waals surface area contributed by atoms with Gasteiger partial charge in [0.2, 0.25) is 5.91 Å². The molecule has 0 heterocycles. The van der Waals surface area contributed by atoms with Crippen LogP contribution >= 0.6 is 0 Å².